The van der Waals surface area contributed by atoms with Gasteiger partial charge in [-0.15, -0.1) is 11.6 Å². The van der Waals surface area contributed by atoms with Crippen molar-refractivity contribution in [1.29, 1.82) is 0 Å². The van der Waals surface area contributed by atoms with Crippen LogP contribution in [0.3, 0.4) is 0 Å². The summed E-state index contributed by atoms with van der Waals surface area (Å²) >= 11 is 5.86. The van der Waals surface area contributed by atoms with Gasteiger partial charge in [0.25, 0.3) is 5.91 Å². The summed E-state index contributed by atoms with van der Waals surface area (Å²) in [5.41, 5.74) is 0.424. The molecule has 0 aliphatic carbocycles. The molecule has 1 unspecified atom stereocenters. The summed E-state index contributed by atoms with van der Waals surface area (Å²) in [5, 5.41) is 2.70. The van der Waals surface area contributed by atoms with E-state index < -0.39 is 0 Å². The molecule has 0 radical (unpaired) electrons. The monoisotopic (exact) mass is 212 g/mol. The summed E-state index contributed by atoms with van der Waals surface area (Å²) in [7, 11) is 0. The van der Waals surface area contributed by atoms with Crippen molar-refractivity contribution in [3.05, 3.63) is 30.1 Å². The largest absolute Gasteiger partial charge is 0.349 e. The second-order valence-electron chi connectivity index (χ2n) is 2.93. The minimum Gasteiger partial charge on any atom is -0.349 e. The van der Waals surface area contributed by atoms with Crippen molar-refractivity contribution in [2.75, 3.05) is 6.54 Å². The Bertz CT molecular complexity index is 289. The molecule has 1 rings (SSSR count). The molecule has 1 aromatic heterocycles. The average molecular weight is 213 g/mol. The number of pyridine rings is 1. The Hall–Kier alpha value is -1.09. The molecule has 76 valence electrons. The van der Waals surface area contributed by atoms with Crippen LogP contribution in [0, 0.1) is 0 Å². The number of rotatable bonds is 4. The third-order valence-electron chi connectivity index (χ3n) is 1.82. The SMILES string of the molecule is CCC(Cl)CNC(=O)c1ccccn1. The van der Waals surface area contributed by atoms with E-state index in [0.29, 0.717) is 12.2 Å². The maximum Gasteiger partial charge on any atom is 0.269 e. The van der Waals surface area contributed by atoms with Gasteiger partial charge in [-0.25, -0.2) is 0 Å². The summed E-state index contributed by atoms with van der Waals surface area (Å²) in [4.78, 5) is 15.4. The Morgan fingerprint density at radius 2 is 2.43 bits per heavy atom. The fourth-order valence-corrected chi connectivity index (χ4v) is 1.01. The van der Waals surface area contributed by atoms with E-state index in [0.717, 1.165) is 6.42 Å². The summed E-state index contributed by atoms with van der Waals surface area (Å²) < 4.78 is 0. The van der Waals surface area contributed by atoms with Crippen LogP contribution < -0.4 is 5.32 Å². The highest BCUT2D eigenvalue weighted by molar-refractivity contribution is 6.20. The van der Waals surface area contributed by atoms with Gasteiger partial charge in [0.05, 0.1) is 5.38 Å². The summed E-state index contributed by atoms with van der Waals surface area (Å²) in [6, 6.07) is 5.22. The Balaban J connectivity index is 2.44. The molecule has 14 heavy (non-hydrogen) atoms. The number of alkyl halides is 1. The first-order valence-corrected chi connectivity index (χ1v) is 5.01. The lowest BCUT2D eigenvalue weighted by molar-refractivity contribution is 0.0948. The zero-order chi connectivity index (χ0) is 10.4. The first kappa shape index (κ1) is 11.0. The Labute approximate surface area is 88.5 Å². The molecule has 0 aromatic carbocycles. The Morgan fingerprint density at radius 3 is 3.00 bits per heavy atom. The Kier molecular flexibility index (Phi) is 4.40. The van der Waals surface area contributed by atoms with Gasteiger partial charge in [0, 0.05) is 12.7 Å². The topological polar surface area (TPSA) is 42.0 Å². The van der Waals surface area contributed by atoms with Gasteiger partial charge in [-0.3, -0.25) is 9.78 Å². The zero-order valence-corrected chi connectivity index (χ0v) is 8.79. The first-order chi connectivity index (χ1) is 6.74. The Morgan fingerprint density at radius 1 is 1.64 bits per heavy atom. The fourth-order valence-electron chi connectivity index (χ4n) is 0.935. The summed E-state index contributed by atoms with van der Waals surface area (Å²) in [6.07, 6.45) is 2.43. The highest BCUT2D eigenvalue weighted by Crippen LogP contribution is 1.99. The van der Waals surface area contributed by atoms with Gasteiger partial charge in [-0.1, -0.05) is 13.0 Å². The van der Waals surface area contributed by atoms with Gasteiger partial charge < -0.3 is 5.32 Å². The van der Waals surface area contributed by atoms with Crippen molar-refractivity contribution >= 4 is 17.5 Å². The number of amides is 1. The number of nitrogens with zero attached hydrogens (tertiary/aromatic N) is 1. The molecule has 0 aliphatic rings. The van der Waals surface area contributed by atoms with Crippen LogP contribution in [0.1, 0.15) is 23.8 Å². The van der Waals surface area contributed by atoms with Crippen LogP contribution in [0.25, 0.3) is 0 Å². The number of hydrogen-bond donors (Lipinski definition) is 1. The van der Waals surface area contributed by atoms with Crippen molar-refractivity contribution in [2.45, 2.75) is 18.7 Å². The zero-order valence-electron chi connectivity index (χ0n) is 8.03. The van der Waals surface area contributed by atoms with Crippen molar-refractivity contribution in [2.24, 2.45) is 0 Å². The summed E-state index contributed by atoms with van der Waals surface area (Å²) in [5.74, 6) is -0.176. The second-order valence-corrected chi connectivity index (χ2v) is 3.55. The van der Waals surface area contributed by atoms with E-state index in [4.69, 9.17) is 11.6 Å². The number of carbonyl (C=O) groups is 1. The first-order valence-electron chi connectivity index (χ1n) is 4.57. The molecule has 1 aromatic rings. The van der Waals surface area contributed by atoms with Crippen LogP contribution in [-0.4, -0.2) is 22.8 Å². The van der Waals surface area contributed by atoms with Gasteiger partial charge in [0.15, 0.2) is 0 Å². The lowest BCUT2D eigenvalue weighted by Crippen LogP contribution is -2.29. The molecule has 0 saturated carbocycles. The smallest absolute Gasteiger partial charge is 0.269 e. The molecular weight excluding hydrogens is 200 g/mol. The molecule has 1 atom stereocenters. The molecule has 4 heteroatoms. The van der Waals surface area contributed by atoms with Crippen molar-refractivity contribution in [3.8, 4) is 0 Å². The third kappa shape index (κ3) is 3.34. The molecule has 0 bridgehead atoms. The number of carbonyl (C=O) groups excluding carboxylic acids is 1. The maximum absolute atomic E-state index is 11.4. The fraction of sp³-hybridized carbons (Fsp3) is 0.400. The number of nitrogens with one attached hydrogen (secondary N) is 1. The molecule has 1 heterocycles. The summed E-state index contributed by atoms with van der Waals surface area (Å²) in [6.45, 7) is 2.46. The minimum absolute atomic E-state index is 0.0114. The van der Waals surface area contributed by atoms with Gasteiger partial charge in [-0.05, 0) is 18.6 Å². The van der Waals surface area contributed by atoms with Crippen LogP contribution in [0.4, 0.5) is 0 Å². The molecule has 0 fully saturated rings. The predicted molar refractivity (Wildman–Crippen MR) is 56.5 cm³/mol. The van der Waals surface area contributed by atoms with Crippen LogP contribution in [0.2, 0.25) is 0 Å². The maximum atomic E-state index is 11.4. The van der Waals surface area contributed by atoms with Crippen molar-refractivity contribution < 1.29 is 4.79 Å². The molecule has 0 spiro atoms. The van der Waals surface area contributed by atoms with Gasteiger partial charge in [0.1, 0.15) is 5.69 Å². The van der Waals surface area contributed by atoms with Crippen LogP contribution >= 0.6 is 11.6 Å². The normalized spacial score (nSPS) is 12.1. The van der Waals surface area contributed by atoms with E-state index in [-0.39, 0.29) is 11.3 Å². The van der Waals surface area contributed by atoms with E-state index in [1.54, 1.807) is 24.4 Å². The molecule has 1 amide bonds. The predicted octanol–water partition coefficient (Wildman–Crippen LogP) is 1.83. The van der Waals surface area contributed by atoms with Crippen LogP contribution in [0.15, 0.2) is 24.4 Å². The van der Waals surface area contributed by atoms with Gasteiger partial charge in [-0.2, -0.15) is 0 Å². The number of halogens is 1. The van der Waals surface area contributed by atoms with E-state index in [9.17, 15) is 4.79 Å². The second kappa shape index (κ2) is 5.60. The minimum atomic E-state index is -0.176. The van der Waals surface area contributed by atoms with Gasteiger partial charge >= 0.3 is 0 Å². The molecule has 0 saturated heterocycles. The van der Waals surface area contributed by atoms with Crippen molar-refractivity contribution in [1.82, 2.24) is 10.3 Å². The van der Waals surface area contributed by atoms with Gasteiger partial charge in [0.2, 0.25) is 0 Å². The van der Waals surface area contributed by atoms with E-state index >= 15 is 0 Å². The standard InChI is InChI=1S/C10H13ClN2O/c1-2-8(11)7-13-10(14)9-5-3-4-6-12-9/h3-6,8H,2,7H2,1H3,(H,13,14). The quantitative estimate of drug-likeness (QED) is 0.774. The number of hydrogen-bond acceptors (Lipinski definition) is 2. The van der Waals surface area contributed by atoms with Crippen LogP contribution in [-0.2, 0) is 0 Å². The van der Waals surface area contributed by atoms with E-state index in [1.165, 1.54) is 0 Å². The molecule has 1 N–H and O–H groups in total. The number of aromatic nitrogens is 1. The van der Waals surface area contributed by atoms with Crippen LogP contribution in [0.5, 0.6) is 0 Å². The molecule has 3 nitrogen and oxygen atoms in total. The van der Waals surface area contributed by atoms with E-state index in [2.05, 4.69) is 10.3 Å². The van der Waals surface area contributed by atoms with Crippen molar-refractivity contribution in [3.63, 3.8) is 0 Å². The highest BCUT2D eigenvalue weighted by atomic mass is 35.5. The molecular formula is C10H13ClN2O. The molecule has 0 aliphatic heterocycles. The highest BCUT2D eigenvalue weighted by Gasteiger charge is 2.07. The lowest BCUT2D eigenvalue weighted by Gasteiger charge is -2.07. The third-order valence-corrected chi connectivity index (χ3v) is 2.29. The average Bonchev–Trinajstić information content (AvgIpc) is 2.26. The van der Waals surface area contributed by atoms with E-state index in [1.807, 2.05) is 6.92 Å². The lowest BCUT2D eigenvalue weighted by atomic mass is 10.3.